The first-order valence-electron chi connectivity index (χ1n) is 7.66. The zero-order valence-corrected chi connectivity index (χ0v) is 14.7. The van der Waals surface area contributed by atoms with Crippen LogP contribution in [-0.4, -0.2) is 24.0 Å². The molecule has 3 rings (SSSR count). The monoisotopic (exact) mass is 356 g/mol. The van der Waals surface area contributed by atoms with Crippen LogP contribution in [0.3, 0.4) is 0 Å². The van der Waals surface area contributed by atoms with E-state index < -0.39 is 0 Å². The van der Waals surface area contributed by atoms with Gasteiger partial charge in [0.25, 0.3) is 5.56 Å². The lowest BCUT2D eigenvalue weighted by Gasteiger charge is -2.12. The van der Waals surface area contributed by atoms with E-state index in [-0.39, 0.29) is 5.56 Å². The predicted molar refractivity (Wildman–Crippen MR) is 97.6 cm³/mol. The number of ether oxygens (including phenoxy) is 2. The quantitative estimate of drug-likeness (QED) is 0.700. The highest BCUT2D eigenvalue weighted by Gasteiger charge is 2.11. The van der Waals surface area contributed by atoms with E-state index in [2.05, 4.69) is 5.10 Å². The SMILES string of the molecule is COc1ccc(-c2ccc(=O)n(Cc3ccccc3Cl)n2)c(OC)c1. The van der Waals surface area contributed by atoms with Crippen LogP contribution in [-0.2, 0) is 6.54 Å². The summed E-state index contributed by atoms with van der Waals surface area (Å²) in [5.41, 5.74) is 2.04. The van der Waals surface area contributed by atoms with Crippen LogP contribution in [0.4, 0.5) is 0 Å². The first-order chi connectivity index (χ1) is 12.1. The fraction of sp³-hybridized carbons (Fsp3) is 0.158. The molecule has 0 atom stereocenters. The summed E-state index contributed by atoms with van der Waals surface area (Å²) in [6, 6.07) is 16.0. The second-order valence-corrected chi connectivity index (χ2v) is 5.78. The van der Waals surface area contributed by atoms with E-state index in [1.165, 1.54) is 10.7 Å². The Kier molecular flexibility index (Phi) is 5.05. The van der Waals surface area contributed by atoms with Crippen LogP contribution in [0.1, 0.15) is 5.56 Å². The molecule has 25 heavy (non-hydrogen) atoms. The molecule has 128 valence electrons. The number of methoxy groups -OCH3 is 2. The summed E-state index contributed by atoms with van der Waals surface area (Å²) in [5.74, 6) is 1.31. The largest absolute Gasteiger partial charge is 0.497 e. The van der Waals surface area contributed by atoms with Gasteiger partial charge in [0.2, 0.25) is 0 Å². The van der Waals surface area contributed by atoms with Crippen LogP contribution >= 0.6 is 11.6 Å². The van der Waals surface area contributed by atoms with Crippen LogP contribution in [0.2, 0.25) is 5.02 Å². The molecular weight excluding hydrogens is 340 g/mol. The number of rotatable bonds is 5. The van der Waals surface area contributed by atoms with Crippen molar-refractivity contribution in [2.75, 3.05) is 14.2 Å². The standard InChI is InChI=1S/C19H17ClN2O3/c1-24-14-7-8-15(18(11-14)25-2)17-9-10-19(23)22(21-17)12-13-5-3-4-6-16(13)20/h3-11H,12H2,1-2H3. The Bertz CT molecular complexity index is 953. The lowest BCUT2D eigenvalue weighted by atomic mass is 10.1. The molecule has 0 saturated heterocycles. The van der Waals surface area contributed by atoms with Gasteiger partial charge >= 0.3 is 0 Å². The maximum Gasteiger partial charge on any atom is 0.267 e. The Morgan fingerprint density at radius 1 is 1.04 bits per heavy atom. The summed E-state index contributed by atoms with van der Waals surface area (Å²) in [5, 5.41) is 5.07. The Balaban J connectivity index is 2.03. The zero-order valence-electron chi connectivity index (χ0n) is 13.9. The van der Waals surface area contributed by atoms with Gasteiger partial charge in [0.15, 0.2) is 0 Å². The first kappa shape index (κ1) is 17.0. The molecule has 0 fully saturated rings. The number of benzene rings is 2. The van der Waals surface area contributed by atoms with E-state index in [1.807, 2.05) is 30.3 Å². The van der Waals surface area contributed by atoms with Crippen molar-refractivity contribution in [2.45, 2.75) is 6.54 Å². The van der Waals surface area contributed by atoms with E-state index in [1.54, 1.807) is 32.4 Å². The molecule has 0 unspecified atom stereocenters. The summed E-state index contributed by atoms with van der Waals surface area (Å²) in [6.45, 7) is 0.296. The van der Waals surface area contributed by atoms with Crippen LogP contribution in [0.15, 0.2) is 59.4 Å². The van der Waals surface area contributed by atoms with Crippen LogP contribution < -0.4 is 15.0 Å². The van der Waals surface area contributed by atoms with E-state index in [4.69, 9.17) is 21.1 Å². The van der Waals surface area contributed by atoms with Crippen LogP contribution in [0.5, 0.6) is 11.5 Å². The highest BCUT2D eigenvalue weighted by molar-refractivity contribution is 6.31. The van der Waals surface area contributed by atoms with Crippen molar-refractivity contribution in [2.24, 2.45) is 0 Å². The van der Waals surface area contributed by atoms with Gasteiger partial charge in [-0.3, -0.25) is 4.79 Å². The van der Waals surface area contributed by atoms with Gasteiger partial charge in [-0.05, 0) is 29.8 Å². The van der Waals surface area contributed by atoms with E-state index in [9.17, 15) is 4.79 Å². The normalized spacial score (nSPS) is 10.5. The Labute approximate surface area is 150 Å². The molecule has 1 aromatic heterocycles. The molecule has 3 aromatic rings. The number of hydrogen-bond donors (Lipinski definition) is 0. The molecule has 0 radical (unpaired) electrons. The molecule has 0 amide bonds. The number of hydrogen-bond acceptors (Lipinski definition) is 4. The third kappa shape index (κ3) is 3.67. The van der Waals surface area contributed by atoms with Crippen LogP contribution in [0, 0.1) is 0 Å². The molecule has 0 bridgehead atoms. The molecule has 0 spiro atoms. The molecule has 5 nitrogen and oxygen atoms in total. The minimum atomic E-state index is -0.198. The third-order valence-electron chi connectivity index (χ3n) is 3.83. The number of nitrogens with zero attached hydrogens (tertiary/aromatic N) is 2. The number of halogens is 1. The second kappa shape index (κ2) is 7.40. The molecule has 0 aliphatic heterocycles. The molecule has 2 aromatic carbocycles. The average molecular weight is 357 g/mol. The molecule has 6 heteroatoms. The van der Waals surface area contributed by atoms with Gasteiger partial charge in [0.05, 0.1) is 26.5 Å². The summed E-state index contributed by atoms with van der Waals surface area (Å²) < 4.78 is 12.0. The van der Waals surface area contributed by atoms with Gasteiger partial charge in [-0.15, -0.1) is 0 Å². The van der Waals surface area contributed by atoms with Crippen molar-refractivity contribution in [3.05, 3.63) is 75.5 Å². The van der Waals surface area contributed by atoms with Gasteiger partial charge in [0.1, 0.15) is 11.5 Å². The minimum absolute atomic E-state index is 0.198. The summed E-state index contributed by atoms with van der Waals surface area (Å²) in [4.78, 5) is 12.2. The smallest absolute Gasteiger partial charge is 0.267 e. The lowest BCUT2D eigenvalue weighted by Crippen LogP contribution is -2.23. The summed E-state index contributed by atoms with van der Waals surface area (Å²) >= 11 is 6.19. The molecular formula is C19H17ClN2O3. The maximum absolute atomic E-state index is 12.2. The average Bonchev–Trinajstić information content (AvgIpc) is 2.64. The highest BCUT2D eigenvalue weighted by atomic mass is 35.5. The van der Waals surface area contributed by atoms with E-state index >= 15 is 0 Å². The second-order valence-electron chi connectivity index (χ2n) is 5.37. The first-order valence-corrected chi connectivity index (χ1v) is 8.04. The van der Waals surface area contributed by atoms with Gasteiger partial charge in [0, 0.05) is 22.7 Å². The molecule has 0 N–H and O–H groups in total. The summed E-state index contributed by atoms with van der Waals surface area (Å²) in [7, 11) is 3.18. The van der Waals surface area contributed by atoms with Gasteiger partial charge < -0.3 is 9.47 Å². The zero-order chi connectivity index (χ0) is 17.8. The predicted octanol–water partition coefficient (Wildman–Crippen LogP) is 3.63. The van der Waals surface area contributed by atoms with Gasteiger partial charge in [-0.25, -0.2) is 4.68 Å². The Morgan fingerprint density at radius 2 is 1.84 bits per heavy atom. The van der Waals surface area contributed by atoms with Crippen molar-refractivity contribution in [3.63, 3.8) is 0 Å². The molecule has 0 aliphatic rings. The van der Waals surface area contributed by atoms with Crippen molar-refractivity contribution in [1.82, 2.24) is 9.78 Å². The fourth-order valence-electron chi connectivity index (χ4n) is 2.50. The highest BCUT2D eigenvalue weighted by Crippen LogP contribution is 2.31. The Morgan fingerprint density at radius 3 is 2.56 bits per heavy atom. The van der Waals surface area contributed by atoms with Crippen molar-refractivity contribution in [1.29, 1.82) is 0 Å². The van der Waals surface area contributed by atoms with Crippen molar-refractivity contribution >= 4 is 11.6 Å². The molecule has 0 aliphatic carbocycles. The lowest BCUT2D eigenvalue weighted by molar-refractivity contribution is 0.395. The van der Waals surface area contributed by atoms with Gasteiger partial charge in [-0.2, -0.15) is 5.10 Å². The third-order valence-corrected chi connectivity index (χ3v) is 4.20. The van der Waals surface area contributed by atoms with E-state index in [0.717, 1.165) is 11.1 Å². The molecule has 0 saturated carbocycles. The van der Waals surface area contributed by atoms with Crippen molar-refractivity contribution in [3.8, 4) is 22.8 Å². The molecule has 1 heterocycles. The number of aromatic nitrogens is 2. The minimum Gasteiger partial charge on any atom is -0.497 e. The van der Waals surface area contributed by atoms with Crippen LogP contribution in [0.25, 0.3) is 11.3 Å². The maximum atomic E-state index is 12.2. The topological polar surface area (TPSA) is 53.4 Å². The Hall–Kier alpha value is -2.79. The van der Waals surface area contributed by atoms with Crippen molar-refractivity contribution < 1.29 is 9.47 Å². The fourth-order valence-corrected chi connectivity index (χ4v) is 2.70. The van der Waals surface area contributed by atoms with E-state index in [0.29, 0.717) is 28.8 Å². The van der Waals surface area contributed by atoms with Gasteiger partial charge in [-0.1, -0.05) is 29.8 Å². The summed E-state index contributed by atoms with van der Waals surface area (Å²) in [6.07, 6.45) is 0.